The van der Waals surface area contributed by atoms with E-state index in [-0.39, 0.29) is 0 Å². The van der Waals surface area contributed by atoms with Crippen molar-refractivity contribution in [1.29, 1.82) is 0 Å². The van der Waals surface area contributed by atoms with Gasteiger partial charge in [0.15, 0.2) is 0 Å². The molecule has 0 spiro atoms. The van der Waals surface area contributed by atoms with Gasteiger partial charge in [0.25, 0.3) is 0 Å². The molecule has 0 aliphatic carbocycles. The van der Waals surface area contributed by atoms with Gasteiger partial charge in [-0.2, -0.15) is 0 Å². The van der Waals surface area contributed by atoms with Crippen molar-refractivity contribution in [3.8, 4) is 0 Å². The fourth-order valence-electron chi connectivity index (χ4n) is 2.09. The Hall–Kier alpha value is -1.92. The molecule has 4 nitrogen and oxygen atoms in total. The average molecular weight is 328 g/mol. The number of aromatic nitrogens is 3. The first-order valence-corrected chi connectivity index (χ1v) is 8.44. The molecule has 3 aromatic rings. The van der Waals surface area contributed by atoms with Gasteiger partial charge in [0.1, 0.15) is 4.32 Å². The maximum absolute atomic E-state index is 5.35. The number of thioether (sulfide) groups is 1. The minimum Gasteiger partial charge on any atom is -0.371 e. The Morgan fingerprint density at radius 3 is 2.91 bits per heavy atom. The van der Waals surface area contributed by atoms with E-state index < -0.39 is 0 Å². The lowest BCUT2D eigenvalue weighted by Gasteiger charge is -2.06. The first kappa shape index (κ1) is 15.0. The van der Waals surface area contributed by atoms with E-state index in [4.69, 9.17) is 12.2 Å². The summed E-state index contributed by atoms with van der Waals surface area (Å²) < 4.78 is 2.72. The SMILES string of the molecule is S=C(NCCc1ccccc1)SCc1cn2cccnc2n1. The highest BCUT2D eigenvalue weighted by atomic mass is 32.2. The van der Waals surface area contributed by atoms with Gasteiger partial charge in [0.05, 0.1) is 5.69 Å². The quantitative estimate of drug-likeness (QED) is 0.729. The number of thiocarbonyl (C=S) groups is 1. The predicted octanol–water partition coefficient (Wildman–Crippen LogP) is 3.08. The molecule has 0 unspecified atom stereocenters. The maximum Gasteiger partial charge on any atom is 0.233 e. The molecule has 22 heavy (non-hydrogen) atoms. The van der Waals surface area contributed by atoms with Crippen LogP contribution in [0.4, 0.5) is 0 Å². The molecule has 6 heteroatoms. The van der Waals surface area contributed by atoms with E-state index in [0.29, 0.717) is 0 Å². The van der Waals surface area contributed by atoms with Crippen LogP contribution in [0, 0.1) is 0 Å². The lowest BCUT2D eigenvalue weighted by molar-refractivity contribution is 0.882. The summed E-state index contributed by atoms with van der Waals surface area (Å²) in [5.41, 5.74) is 2.30. The van der Waals surface area contributed by atoms with Crippen molar-refractivity contribution in [2.45, 2.75) is 12.2 Å². The molecule has 0 bridgehead atoms. The summed E-state index contributed by atoms with van der Waals surface area (Å²) >= 11 is 6.95. The van der Waals surface area contributed by atoms with Crippen LogP contribution in [0.3, 0.4) is 0 Å². The fraction of sp³-hybridized carbons (Fsp3) is 0.188. The molecule has 0 fully saturated rings. The summed E-state index contributed by atoms with van der Waals surface area (Å²) in [6, 6.07) is 12.3. The zero-order valence-electron chi connectivity index (χ0n) is 12.0. The van der Waals surface area contributed by atoms with E-state index in [9.17, 15) is 0 Å². The van der Waals surface area contributed by atoms with E-state index in [1.165, 1.54) is 5.56 Å². The summed E-state index contributed by atoms with van der Waals surface area (Å²) in [7, 11) is 0. The zero-order valence-corrected chi connectivity index (χ0v) is 13.6. The van der Waals surface area contributed by atoms with Gasteiger partial charge >= 0.3 is 0 Å². The van der Waals surface area contributed by atoms with E-state index in [1.807, 2.05) is 28.9 Å². The predicted molar refractivity (Wildman–Crippen MR) is 95.0 cm³/mol. The smallest absolute Gasteiger partial charge is 0.233 e. The molecule has 2 heterocycles. The van der Waals surface area contributed by atoms with Gasteiger partial charge < -0.3 is 5.32 Å². The van der Waals surface area contributed by atoms with Gasteiger partial charge in [-0.15, -0.1) is 0 Å². The topological polar surface area (TPSA) is 42.2 Å². The molecule has 2 aromatic heterocycles. The van der Waals surface area contributed by atoms with Gasteiger partial charge in [-0.05, 0) is 18.1 Å². The fourth-order valence-corrected chi connectivity index (χ4v) is 2.99. The lowest BCUT2D eigenvalue weighted by Crippen LogP contribution is -2.21. The minimum absolute atomic E-state index is 0.723. The molecule has 3 rings (SSSR count). The molecule has 0 saturated heterocycles. The first-order valence-electron chi connectivity index (χ1n) is 7.04. The molecule has 1 N–H and O–H groups in total. The Labute approximate surface area is 139 Å². The Balaban J connectivity index is 1.44. The summed E-state index contributed by atoms with van der Waals surface area (Å²) in [6.45, 7) is 0.850. The Morgan fingerprint density at radius 2 is 2.09 bits per heavy atom. The van der Waals surface area contributed by atoms with Gasteiger partial charge in [-0.25, -0.2) is 9.97 Å². The molecule has 0 saturated carbocycles. The first-order chi connectivity index (χ1) is 10.8. The van der Waals surface area contributed by atoms with Crippen LogP contribution in [-0.2, 0) is 12.2 Å². The van der Waals surface area contributed by atoms with Crippen molar-refractivity contribution < 1.29 is 0 Å². The van der Waals surface area contributed by atoms with Gasteiger partial charge in [-0.3, -0.25) is 4.40 Å². The number of imidazole rings is 1. The highest BCUT2D eigenvalue weighted by molar-refractivity contribution is 8.22. The molecular formula is C16H16N4S2. The van der Waals surface area contributed by atoms with Crippen molar-refractivity contribution >= 4 is 34.1 Å². The standard InChI is InChI=1S/C16H16N4S2/c21-16(18-9-7-13-5-2-1-3-6-13)22-12-14-11-20-10-4-8-17-15(20)19-14/h1-6,8,10-11H,7,9,12H2,(H,18,21). The number of nitrogens with zero attached hydrogens (tertiary/aromatic N) is 3. The van der Waals surface area contributed by atoms with Crippen molar-refractivity contribution in [3.63, 3.8) is 0 Å². The van der Waals surface area contributed by atoms with Crippen LogP contribution < -0.4 is 5.32 Å². The highest BCUT2D eigenvalue weighted by Crippen LogP contribution is 2.12. The van der Waals surface area contributed by atoms with Crippen LogP contribution in [0.1, 0.15) is 11.3 Å². The molecule has 0 atom stereocenters. The summed E-state index contributed by atoms with van der Waals surface area (Å²) in [6.07, 6.45) is 6.65. The number of rotatable bonds is 5. The van der Waals surface area contributed by atoms with Crippen LogP contribution in [0.15, 0.2) is 55.0 Å². The van der Waals surface area contributed by atoms with Crippen molar-refractivity contribution in [1.82, 2.24) is 19.7 Å². The van der Waals surface area contributed by atoms with Crippen molar-refractivity contribution in [2.24, 2.45) is 0 Å². The molecule has 0 aliphatic heterocycles. The largest absolute Gasteiger partial charge is 0.371 e. The second-order valence-electron chi connectivity index (χ2n) is 4.80. The number of nitrogens with one attached hydrogen (secondary N) is 1. The lowest BCUT2D eigenvalue weighted by atomic mass is 10.2. The van der Waals surface area contributed by atoms with Gasteiger partial charge in [0.2, 0.25) is 5.78 Å². The second-order valence-corrected chi connectivity index (χ2v) is 6.45. The third-order valence-corrected chi connectivity index (χ3v) is 4.51. The molecule has 0 aliphatic rings. The Bertz CT molecular complexity index is 722. The summed E-state index contributed by atoms with van der Waals surface area (Å²) in [4.78, 5) is 8.66. The van der Waals surface area contributed by atoms with Gasteiger partial charge in [0, 0.05) is 30.9 Å². The monoisotopic (exact) mass is 328 g/mol. The van der Waals surface area contributed by atoms with Gasteiger partial charge in [-0.1, -0.05) is 54.3 Å². The number of hydrogen-bond acceptors (Lipinski definition) is 4. The third-order valence-electron chi connectivity index (χ3n) is 3.16. The normalized spacial score (nSPS) is 10.7. The van der Waals surface area contributed by atoms with Crippen LogP contribution in [0.5, 0.6) is 0 Å². The molecule has 1 aromatic carbocycles. The van der Waals surface area contributed by atoms with E-state index in [0.717, 1.165) is 34.5 Å². The van der Waals surface area contributed by atoms with Crippen molar-refractivity contribution in [3.05, 3.63) is 66.2 Å². The van der Waals surface area contributed by atoms with E-state index >= 15 is 0 Å². The number of benzene rings is 1. The number of hydrogen-bond donors (Lipinski definition) is 1. The summed E-state index contributed by atoms with van der Waals surface area (Å²) in [5.74, 6) is 1.47. The molecule has 112 valence electrons. The van der Waals surface area contributed by atoms with Crippen LogP contribution >= 0.6 is 24.0 Å². The third kappa shape index (κ3) is 4.05. The Morgan fingerprint density at radius 1 is 1.23 bits per heavy atom. The van der Waals surface area contributed by atoms with Crippen LogP contribution in [0.2, 0.25) is 0 Å². The minimum atomic E-state index is 0.723. The van der Waals surface area contributed by atoms with Crippen LogP contribution in [0.25, 0.3) is 5.78 Å². The zero-order chi connectivity index (χ0) is 15.2. The van der Waals surface area contributed by atoms with Crippen LogP contribution in [-0.4, -0.2) is 25.2 Å². The van der Waals surface area contributed by atoms with Crippen molar-refractivity contribution in [2.75, 3.05) is 6.54 Å². The van der Waals surface area contributed by atoms with E-state index in [1.54, 1.807) is 18.0 Å². The maximum atomic E-state index is 5.35. The highest BCUT2D eigenvalue weighted by Gasteiger charge is 2.04. The molecule has 0 radical (unpaired) electrons. The Kier molecular flexibility index (Phi) is 5.03. The molecular weight excluding hydrogens is 312 g/mol. The summed E-state index contributed by atoms with van der Waals surface area (Å²) in [5, 5.41) is 3.28. The average Bonchev–Trinajstić information content (AvgIpc) is 2.97. The van der Waals surface area contributed by atoms with E-state index in [2.05, 4.69) is 39.6 Å². The molecule has 0 amide bonds. The second kappa shape index (κ2) is 7.38. The number of fused-ring (bicyclic) bond motifs is 1.